The van der Waals surface area contributed by atoms with E-state index in [1.807, 2.05) is 0 Å². The Balaban J connectivity index is 2.39. The molecule has 8 heteroatoms. The molecule has 0 saturated heterocycles. The van der Waals surface area contributed by atoms with Crippen LogP contribution in [-0.2, 0) is 4.84 Å². The highest BCUT2D eigenvalue weighted by Gasteiger charge is 2.10. The van der Waals surface area contributed by atoms with E-state index in [1.54, 1.807) is 25.3 Å². The van der Waals surface area contributed by atoms with Crippen LogP contribution in [0.3, 0.4) is 0 Å². The van der Waals surface area contributed by atoms with Crippen molar-refractivity contribution in [3.63, 3.8) is 0 Å². The van der Waals surface area contributed by atoms with Crippen LogP contribution in [0.15, 0.2) is 27.9 Å². The number of nitrogens with zero attached hydrogens (tertiary/aromatic N) is 1. The van der Waals surface area contributed by atoms with Gasteiger partial charge in [-0.1, -0.05) is 51.6 Å². The number of rotatable bonds is 11. The number of unbranched alkanes of at least 4 members (excludes halogenated alkanes) is 2. The van der Waals surface area contributed by atoms with E-state index in [1.165, 1.54) is 6.08 Å². The monoisotopic (exact) mass is 413 g/mol. The molecule has 0 spiro atoms. The van der Waals surface area contributed by atoms with Crippen molar-refractivity contribution in [2.45, 2.75) is 26.2 Å². The van der Waals surface area contributed by atoms with Gasteiger partial charge in [-0.15, -0.1) is 0 Å². The van der Waals surface area contributed by atoms with Crippen molar-refractivity contribution in [2.24, 2.45) is 5.16 Å². The quantitative estimate of drug-likeness (QED) is 0.243. The minimum atomic E-state index is 0.138. The molecule has 0 fully saturated rings. The van der Waals surface area contributed by atoms with Gasteiger partial charge >= 0.3 is 0 Å². The molecule has 0 aliphatic rings. The molecule has 0 aliphatic heterocycles. The van der Waals surface area contributed by atoms with Crippen LogP contribution in [0.2, 0.25) is 10.0 Å². The van der Waals surface area contributed by atoms with Crippen molar-refractivity contribution in [1.82, 2.24) is 0 Å². The number of oxime groups is 1. The van der Waals surface area contributed by atoms with Gasteiger partial charge in [-0.25, -0.2) is 0 Å². The van der Waals surface area contributed by atoms with Crippen molar-refractivity contribution >= 4 is 52.6 Å². The number of halogens is 4. The summed E-state index contributed by atoms with van der Waals surface area (Å²) in [4.78, 5) is 5.00. The summed E-state index contributed by atoms with van der Waals surface area (Å²) in [6.45, 7) is 3.14. The lowest BCUT2D eigenvalue weighted by molar-refractivity contribution is 0.139. The van der Waals surface area contributed by atoms with Gasteiger partial charge in [0, 0.05) is 18.3 Å². The Labute approximate surface area is 162 Å². The second-order valence-corrected chi connectivity index (χ2v) is 6.45. The standard InChI is InChI=1S/C16H19Cl4NO3/c1-2-21-24-8-5-3-4-7-23-16-13(17)10-12(11-14(16)18)22-9-6-15(19)20/h2,6,10-11H,3-5,7-9H2,1H3. The van der Waals surface area contributed by atoms with Crippen LogP contribution >= 0.6 is 46.4 Å². The van der Waals surface area contributed by atoms with E-state index in [0.29, 0.717) is 34.8 Å². The molecule has 134 valence electrons. The molecule has 0 radical (unpaired) electrons. The summed E-state index contributed by atoms with van der Waals surface area (Å²) in [6, 6.07) is 3.27. The second kappa shape index (κ2) is 12.5. The van der Waals surface area contributed by atoms with Crippen molar-refractivity contribution in [1.29, 1.82) is 0 Å². The summed E-state index contributed by atoms with van der Waals surface area (Å²) in [5.74, 6) is 0.959. The largest absolute Gasteiger partial charge is 0.490 e. The molecule has 1 rings (SSSR count). The lowest BCUT2D eigenvalue weighted by atomic mass is 10.2. The molecule has 0 aliphatic carbocycles. The minimum Gasteiger partial charge on any atom is -0.490 e. The lowest BCUT2D eigenvalue weighted by Crippen LogP contribution is -2.00. The van der Waals surface area contributed by atoms with E-state index >= 15 is 0 Å². The topological polar surface area (TPSA) is 40.0 Å². The molecule has 0 aromatic heterocycles. The summed E-state index contributed by atoms with van der Waals surface area (Å²) in [5.41, 5.74) is 0. The summed E-state index contributed by atoms with van der Waals surface area (Å²) in [7, 11) is 0. The zero-order chi connectivity index (χ0) is 17.8. The Morgan fingerprint density at radius 3 is 2.33 bits per heavy atom. The van der Waals surface area contributed by atoms with E-state index in [4.69, 9.17) is 60.7 Å². The second-order valence-electron chi connectivity index (χ2n) is 4.63. The predicted molar refractivity (Wildman–Crippen MR) is 101 cm³/mol. The van der Waals surface area contributed by atoms with Crippen LogP contribution in [0.5, 0.6) is 11.5 Å². The Bertz CT molecular complexity index is 537. The van der Waals surface area contributed by atoms with Gasteiger partial charge in [0.2, 0.25) is 0 Å². The normalized spacial score (nSPS) is 10.7. The maximum Gasteiger partial charge on any atom is 0.156 e. The molecule has 24 heavy (non-hydrogen) atoms. The first kappa shape index (κ1) is 21.2. The van der Waals surface area contributed by atoms with Gasteiger partial charge in [-0.3, -0.25) is 0 Å². The van der Waals surface area contributed by atoms with E-state index in [-0.39, 0.29) is 11.1 Å². The number of hydrogen-bond donors (Lipinski definition) is 0. The Kier molecular flexibility index (Phi) is 11.1. The van der Waals surface area contributed by atoms with Gasteiger partial charge in [0.25, 0.3) is 0 Å². The minimum absolute atomic E-state index is 0.138. The fraction of sp³-hybridized carbons (Fsp3) is 0.438. The molecule has 0 amide bonds. The van der Waals surface area contributed by atoms with Gasteiger partial charge < -0.3 is 14.3 Å². The third kappa shape index (κ3) is 8.88. The average molecular weight is 415 g/mol. The zero-order valence-electron chi connectivity index (χ0n) is 13.2. The van der Waals surface area contributed by atoms with Gasteiger partial charge in [-0.2, -0.15) is 0 Å². The number of ether oxygens (including phenoxy) is 2. The first-order valence-electron chi connectivity index (χ1n) is 7.40. The predicted octanol–water partition coefficient (Wildman–Crippen LogP) is 6.26. The van der Waals surface area contributed by atoms with Crippen LogP contribution in [-0.4, -0.2) is 26.0 Å². The first-order chi connectivity index (χ1) is 11.5. The zero-order valence-corrected chi connectivity index (χ0v) is 16.3. The maximum absolute atomic E-state index is 6.18. The fourth-order valence-corrected chi connectivity index (χ4v) is 2.41. The Morgan fingerprint density at radius 2 is 1.71 bits per heavy atom. The van der Waals surface area contributed by atoms with Crippen molar-refractivity contribution in [2.75, 3.05) is 19.8 Å². The maximum atomic E-state index is 6.18. The van der Waals surface area contributed by atoms with Crippen molar-refractivity contribution in [3.05, 3.63) is 32.7 Å². The van der Waals surface area contributed by atoms with Crippen LogP contribution < -0.4 is 9.47 Å². The van der Waals surface area contributed by atoms with Crippen LogP contribution in [0, 0.1) is 0 Å². The fourth-order valence-electron chi connectivity index (χ4n) is 1.71. The highest BCUT2D eigenvalue weighted by atomic mass is 35.5. The molecule has 0 bridgehead atoms. The van der Waals surface area contributed by atoms with Gasteiger partial charge in [0.15, 0.2) is 5.75 Å². The van der Waals surface area contributed by atoms with E-state index in [9.17, 15) is 0 Å². The summed E-state index contributed by atoms with van der Waals surface area (Å²) in [6.07, 6.45) is 5.86. The summed E-state index contributed by atoms with van der Waals surface area (Å²) < 4.78 is 11.2. The van der Waals surface area contributed by atoms with Crippen LogP contribution in [0.4, 0.5) is 0 Å². The van der Waals surface area contributed by atoms with E-state index in [0.717, 1.165) is 19.3 Å². The van der Waals surface area contributed by atoms with Crippen molar-refractivity contribution < 1.29 is 14.3 Å². The lowest BCUT2D eigenvalue weighted by Gasteiger charge is -2.12. The molecule has 0 atom stereocenters. The molecule has 1 aromatic carbocycles. The summed E-state index contributed by atoms with van der Waals surface area (Å²) in [5, 5.41) is 4.45. The molecular weight excluding hydrogens is 396 g/mol. The van der Waals surface area contributed by atoms with Gasteiger partial charge in [-0.05, 0) is 32.3 Å². The highest BCUT2D eigenvalue weighted by molar-refractivity contribution is 6.55. The molecule has 0 N–H and O–H groups in total. The summed E-state index contributed by atoms with van der Waals surface area (Å²) >= 11 is 23.4. The van der Waals surface area contributed by atoms with Crippen LogP contribution in [0.25, 0.3) is 0 Å². The van der Waals surface area contributed by atoms with Crippen LogP contribution in [0.1, 0.15) is 26.2 Å². The molecule has 4 nitrogen and oxygen atoms in total. The number of hydrogen-bond acceptors (Lipinski definition) is 4. The highest BCUT2D eigenvalue weighted by Crippen LogP contribution is 2.37. The SMILES string of the molecule is CC=NOCCCCCOc1c(Cl)cc(OCC=C(Cl)Cl)cc1Cl. The van der Waals surface area contributed by atoms with Gasteiger partial charge in [0.1, 0.15) is 23.5 Å². The Hall–Kier alpha value is -0.810. The third-order valence-corrected chi connectivity index (χ3v) is 3.64. The molecule has 1 aromatic rings. The van der Waals surface area contributed by atoms with E-state index in [2.05, 4.69) is 5.16 Å². The molecule has 0 unspecified atom stereocenters. The first-order valence-corrected chi connectivity index (χ1v) is 8.91. The van der Waals surface area contributed by atoms with E-state index < -0.39 is 0 Å². The molecule has 0 heterocycles. The van der Waals surface area contributed by atoms with Gasteiger partial charge in [0.05, 0.1) is 16.7 Å². The number of benzene rings is 1. The smallest absolute Gasteiger partial charge is 0.156 e. The third-order valence-electron chi connectivity index (χ3n) is 2.77. The molecule has 0 saturated carbocycles. The molecular formula is C16H19Cl4NO3. The Morgan fingerprint density at radius 1 is 1.04 bits per heavy atom. The van der Waals surface area contributed by atoms with Crippen molar-refractivity contribution in [3.8, 4) is 11.5 Å². The average Bonchev–Trinajstić information content (AvgIpc) is 2.51.